The number of carboxylic acid groups (broad SMARTS) is 1. The Morgan fingerprint density at radius 3 is 2.60 bits per heavy atom. The van der Waals surface area contributed by atoms with Crippen molar-refractivity contribution in [1.29, 1.82) is 0 Å². The van der Waals surface area contributed by atoms with Crippen LogP contribution in [0.5, 0.6) is 0 Å². The van der Waals surface area contributed by atoms with Gasteiger partial charge in [0.15, 0.2) is 0 Å². The van der Waals surface area contributed by atoms with E-state index < -0.39 is 22.1 Å². The fourth-order valence-corrected chi connectivity index (χ4v) is 3.82. The molecule has 1 aromatic rings. The predicted molar refractivity (Wildman–Crippen MR) is 70.9 cm³/mol. The summed E-state index contributed by atoms with van der Waals surface area (Å²) in [6, 6.07) is 1.14. The maximum atomic E-state index is 12.4. The van der Waals surface area contributed by atoms with Crippen LogP contribution < -0.4 is 0 Å². The van der Waals surface area contributed by atoms with Crippen molar-refractivity contribution in [2.75, 3.05) is 13.1 Å². The molecule has 1 aromatic heterocycles. The lowest BCUT2D eigenvalue weighted by Crippen LogP contribution is -2.45. The minimum atomic E-state index is -3.76. The third-order valence-corrected chi connectivity index (χ3v) is 5.55. The van der Waals surface area contributed by atoms with Crippen LogP contribution in [-0.4, -0.2) is 52.7 Å². The molecule has 0 aromatic carbocycles. The number of aromatic nitrogens is 1. The molecule has 2 atom stereocenters. The highest BCUT2D eigenvalue weighted by molar-refractivity contribution is 7.89. The lowest BCUT2D eigenvalue weighted by molar-refractivity contribution is 0.0605. The zero-order valence-electron chi connectivity index (χ0n) is 11.4. The van der Waals surface area contributed by atoms with Crippen molar-refractivity contribution in [3.63, 3.8) is 0 Å². The summed E-state index contributed by atoms with van der Waals surface area (Å²) in [5, 5.41) is 18.8. The number of aromatic carboxylic acids is 1. The van der Waals surface area contributed by atoms with Gasteiger partial charge in [-0.3, -0.25) is 0 Å². The normalized spacial score (nSPS) is 24.8. The van der Waals surface area contributed by atoms with Gasteiger partial charge < -0.3 is 14.8 Å². The van der Waals surface area contributed by atoms with Gasteiger partial charge in [-0.1, -0.05) is 6.92 Å². The smallest absolute Gasteiger partial charge is 0.352 e. The van der Waals surface area contributed by atoms with Gasteiger partial charge in [-0.2, -0.15) is 4.31 Å². The minimum Gasteiger partial charge on any atom is -0.477 e. The number of hydrogen-bond donors (Lipinski definition) is 2. The summed E-state index contributed by atoms with van der Waals surface area (Å²) in [5.74, 6) is -1.12. The van der Waals surface area contributed by atoms with Crippen LogP contribution >= 0.6 is 0 Å². The molecule has 2 unspecified atom stereocenters. The molecular weight excluding hydrogens is 284 g/mol. The van der Waals surface area contributed by atoms with E-state index in [2.05, 4.69) is 0 Å². The number of rotatable bonds is 3. The molecule has 2 N–H and O–H groups in total. The lowest BCUT2D eigenvalue weighted by Gasteiger charge is -2.33. The van der Waals surface area contributed by atoms with Crippen molar-refractivity contribution in [3.8, 4) is 0 Å². The average molecular weight is 302 g/mol. The standard InChI is InChI=1S/C12H18N2O5S/c1-8-3-4-14(7-11(8)15)20(18,19)9-5-10(12(16)17)13(2)6-9/h5-6,8,11,15H,3-4,7H2,1-2H3,(H,16,17). The molecule has 1 aliphatic rings. The summed E-state index contributed by atoms with van der Waals surface area (Å²) in [7, 11) is -2.28. The fraction of sp³-hybridized carbons (Fsp3) is 0.583. The molecule has 112 valence electrons. The van der Waals surface area contributed by atoms with E-state index in [-0.39, 0.29) is 23.1 Å². The molecule has 0 aliphatic carbocycles. The summed E-state index contributed by atoms with van der Waals surface area (Å²) >= 11 is 0. The van der Waals surface area contributed by atoms with E-state index in [4.69, 9.17) is 5.11 Å². The third kappa shape index (κ3) is 2.58. The van der Waals surface area contributed by atoms with Crippen LogP contribution in [0, 0.1) is 5.92 Å². The second-order valence-electron chi connectivity index (χ2n) is 5.17. The second kappa shape index (κ2) is 5.19. The molecule has 2 heterocycles. The molecule has 8 heteroatoms. The van der Waals surface area contributed by atoms with Crippen molar-refractivity contribution < 1.29 is 23.4 Å². The van der Waals surface area contributed by atoms with Crippen molar-refractivity contribution >= 4 is 16.0 Å². The number of nitrogens with zero attached hydrogens (tertiary/aromatic N) is 2. The summed E-state index contributed by atoms with van der Waals surface area (Å²) in [4.78, 5) is 10.9. The van der Waals surface area contributed by atoms with Gasteiger partial charge in [-0.25, -0.2) is 13.2 Å². The van der Waals surface area contributed by atoms with Gasteiger partial charge in [0.05, 0.1) is 6.10 Å². The van der Waals surface area contributed by atoms with Crippen LogP contribution in [-0.2, 0) is 17.1 Å². The number of sulfonamides is 1. The van der Waals surface area contributed by atoms with Crippen molar-refractivity contribution in [3.05, 3.63) is 18.0 Å². The van der Waals surface area contributed by atoms with E-state index in [9.17, 15) is 18.3 Å². The topological polar surface area (TPSA) is 99.8 Å². The van der Waals surface area contributed by atoms with Crippen LogP contribution in [0.3, 0.4) is 0 Å². The zero-order chi connectivity index (χ0) is 15.1. The van der Waals surface area contributed by atoms with Gasteiger partial charge in [0.1, 0.15) is 10.6 Å². The number of aryl methyl sites for hydroxylation is 1. The minimum absolute atomic E-state index is 0.0425. The molecular formula is C12H18N2O5S. The number of aliphatic hydroxyl groups is 1. The SMILES string of the molecule is CC1CCN(S(=O)(=O)c2cc(C(=O)O)n(C)c2)CC1O. The van der Waals surface area contributed by atoms with Crippen molar-refractivity contribution in [2.24, 2.45) is 13.0 Å². The van der Waals surface area contributed by atoms with Gasteiger partial charge in [-0.15, -0.1) is 0 Å². The molecule has 0 spiro atoms. The first kappa shape index (κ1) is 15.0. The zero-order valence-corrected chi connectivity index (χ0v) is 12.2. The molecule has 2 rings (SSSR count). The van der Waals surface area contributed by atoms with Gasteiger partial charge in [0.25, 0.3) is 0 Å². The molecule has 7 nitrogen and oxygen atoms in total. The Kier molecular flexibility index (Phi) is 3.90. The van der Waals surface area contributed by atoms with E-state index in [1.54, 1.807) is 0 Å². The second-order valence-corrected chi connectivity index (χ2v) is 7.11. The first-order valence-electron chi connectivity index (χ1n) is 6.31. The first-order valence-corrected chi connectivity index (χ1v) is 7.75. The monoisotopic (exact) mass is 302 g/mol. The van der Waals surface area contributed by atoms with Crippen LogP contribution in [0.25, 0.3) is 0 Å². The van der Waals surface area contributed by atoms with E-state index in [0.29, 0.717) is 13.0 Å². The Balaban J connectivity index is 2.31. The van der Waals surface area contributed by atoms with E-state index in [1.165, 1.54) is 22.1 Å². The van der Waals surface area contributed by atoms with Gasteiger partial charge in [0.2, 0.25) is 10.0 Å². The molecule has 20 heavy (non-hydrogen) atoms. The molecule has 0 saturated carbocycles. The lowest BCUT2D eigenvalue weighted by atomic mass is 9.98. The van der Waals surface area contributed by atoms with Crippen LogP contribution in [0.4, 0.5) is 0 Å². The highest BCUT2D eigenvalue weighted by atomic mass is 32.2. The molecule has 1 fully saturated rings. The van der Waals surface area contributed by atoms with Crippen molar-refractivity contribution in [2.45, 2.75) is 24.3 Å². The largest absolute Gasteiger partial charge is 0.477 e. The average Bonchev–Trinajstić information content (AvgIpc) is 2.75. The Bertz CT molecular complexity index is 622. The summed E-state index contributed by atoms with van der Waals surface area (Å²) < 4.78 is 27.3. The van der Waals surface area contributed by atoms with Crippen LogP contribution in [0.2, 0.25) is 0 Å². The molecule has 0 amide bonds. The molecule has 0 radical (unpaired) electrons. The van der Waals surface area contributed by atoms with E-state index in [1.807, 2.05) is 6.92 Å². The van der Waals surface area contributed by atoms with E-state index in [0.717, 1.165) is 6.07 Å². The quantitative estimate of drug-likeness (QED) is 0.826. The summed E-state index contributed by atoms with van der Waals surface area (Å²) in [6.45, 7) is 2.25. The number of piperidine rings is 1. The molecule has 1 saturated heterocycles. The van der Waals surface area contributed by atoms with Crippen LogP contribution in [0.1, 0.15) is 23.8 Å². The number of aliphatic hydroxyl groups excluding tert-OH is 1. The highest BCUT2D eigenvalue weighted by Gasteiger charge is 2.33. The Morgan fingerprint density at radius 1 is 1.45 bits per heavy atom. The van der Waals surface area contributed by atoms with Crippen molar-refractivity contribution in [1.82, 2.24) is 8.87 Å². The maximum Gasteiger partial charge on any atom is 0.352 e. The Labute approximate surface area is 117 Å². The fourth-order valence-electron chi connectivity index (χ4n) is 2.28. The number of carbonyl (C=O) groups is 1. The highest BCUT2D eigenvalue weighted by Crippen LogP contribution is 2.24. The number of hydrogen-bond acceptors (Lipinski definition) is 4. The summed E-state index contributed by atoms with van der Waals surface area (Å²) in [5.41, 5.74) is -0.0884. The molecule has 0 bridgehead atoms. The first-order chi connectivity index (χ1) is 9.23. The maximum absolute atomic E-state index is 12.4. The third-order valence-electron chi connectivity index (χ3n) is 3.72. The predicted octanol–water partition coefficient (Wildman–Crippen LogP) is 0.115. The summed E-state index contributed by atoms with van der Waals surface area (Å²) in [6.07, 6.45) is 1.17. The van der Waals surface area contributed by atoms with Gasteiger partial charge in [0, 0.05) is 26.3 Å². The van der Waals surface area contributed by atoms with Gasteiger partial charge in [-0.05, 0) is 18.4 Å². The van der Waals surface area contributed by atoms with Crippen LogP contribution in [0.15, 0.2) is 17.2 Å². The number of β-amino-alcohol motifs (C(OH)–C–C–N with tert-alkyl or cyclic N) is 1. The van der Waals surface area contributed by atoms with E-state index >= 15 is 0 Å². The molecule has 1 aliphatic heterocycles. The number of carboxylic acids is 1. The Hall–Kier alpha value is -1.38. The van der Waals surface area contributed by atoms with Gasteiger partial charge >= 0.3 is 5.97 Å². The Morgan fingerprint density at radius 2 is 2.10 bits per heavy atom.